The lowest BCUT2D eigenvalue weighted by molar-refractivity contribution is -0.119. The lowest BCUT2D eigenvalue weighted by atomic mass is 9.89. The monoisotopic (exact) mass is 559 g/mol. The molecule has 2 heterocycles. The molecule has 4 aromatic rings. The summed E-state index contributed by atoms with van der Waals surface area (Å²) in [7, 11) is 0. The van der Waals surface area contributed by atoms with Crippen molar-refractivity contribution in [1.29, 1.82) is 0 Å². The van der Waals surface area contributed by atoms with E-state index in [-0.39, 0.29) is 17.9 Å². The Morgan fingerprint density at radius 2 is 1.48 bits per heavy atom. The highest BCUT2D eigenvalue weighted by Gasteiger charge is 2.40. The van der Waals surface area contributed by atoms with Crippen LogP contribution < -0.4 is 9.80 Å². The van der Waals surface area contributed by atoms with Crippen LogP contribution in [0.5, 0.6) is 0 Å². The zero-order valence-electron chi connectivity index (χ0n) is 23.8. The van der Waals surface area contributed by atoms with Gasteiger partial charge in [0.05, 0.1) is 6.04 Å². The van der Waals surface area contributed by atoms with Crippen molar-refractivity contribution in [2.75, 3.05) is 16.3 Å². The van der Waals surface area contributed by atoms with E-state index in [2.05, 4.69) is 6.92 Å². The van der Waals surface area contributed by atoms with Crippen molar-refractivity contribution in [3.05, 3.63) is 108 Å². The van der Waals surface area contributed by atoms with Gasteiger partial charge in [-0.1, -0.05) is 74.0 Å². The SMILES string of the molecule is CCCCC(=O)N1c2ccccc2C(N(C(=O)CN2C(=O)c3cccc4cccc(c34)C2=O)c2ccccc2)CC1C. The van der Waals surface area contributed by atoms with E-state index in [0.29, 0.717) is 35.0 Å². The molecule has 0 aliphatic carbocycles. The Morgan fingerprint density at radius 3 is 2.14 bits per heavy atom. The van der Waals surface area contributed by atoms with Crippen molar-refractivity contribution in [3.63, 3.8) is 0 Å². The third kappa shape index (κ3) is 4.65. The van der Waals surface area contributed by atoms with Crippen LogP contribution in [0.15, 0.2) is 91.0 Å². The Bertz CT molecular complexity index is 1650. The maximum Gasteiger partial charge on any atom is 0.261 e. The number of amides is 4. The number of hydrogen-bond donors (Lipinski definition) is 0. The van der Waals surface area contributed by atoms with Gasteiger partial charge in [-0.05, 0) is 61.0 Å². The first-order valence-electron chi connectivity index (χ1n) is 14.6. The Kier molecular flexibility index (Phi) is 7.33. The molecule has 7 heteroatoms. The van der Waals surface area contributed by atoms with Crippen molar-refractivity contribution in [3.8, 4) is 0 Å². The molecule has 212 valence electrons. The second kappa shape index (κ2) is 11.2. The van der Waals surface area contributed by atoms with Gasteiger partial charge in [0.2, 0.25) is 11.8 Å². The molecular weight excluding hydrogens is 526 g/mol. The molecule has 0 bridgehead atoms. The predicted molar refractivity (Wildman–Crippen MR) is 164 cm³/mol. The number of fused-ring (bicyclic) bond motifs is 1. The average Bonchev–Trinajstić information content (AvgIpc) is 3.01. The maximum atomic E-state index is 14.3. The molecule has 0 radical (unpaired) electrons. The average molecular weight is 560 g/mol. The summed E-state index contributed by atoms with van der Waals surface area (Å²) in [5, 5.41) is 1.44. The predicted octanol–water partition coefficient (Wildman–Crippen LogP) is 6.53. The fourth-order valence-electron chi connectivity index (χ4n) is 6.38. The number of unbranched alkanes of at least 4 members (excludes halogenated alkanes) is 1. The lowest BCUT2D eigenvalue weighted by Gasteiger charge is -2.44. The van der Waals surface area contributed by atoms with Crippen molar-refractivity contribution in [2.24, 2.45) is 0 Å². The topological polar surface area (TPSA) is 78.0 Å². The molecule has 4 aromatic carbocycles. The fourth-order valence-corrected chi connectivity index (χ4v) is 6.38. The Morgan fingerprint density at radius 1 is 0.833 bits per heavy atom. The van der Waals surface area contributed by atoms with Gasteiger partial charge in [-0.15, -0.1) is 0 Å². The van der Waals surface area contributed by atoms with Gasteiger partial charge in [-0.3, -0.25) is 24.1 Å². The third-order valence-electron chi connectivity index (χ3n) is 8.34. The highest BCUT2D eigenvalue weighted by atomic mass is 16.2. The van der Waals surface area contributed by atoms with Gasteiger partial charge in [-0.25, -0.2) is 0 Å². The summed E-state index contributed by atoms with van der Waals surface area (Å²) < 4.78 is 0. The van der Waals surface area contributed by atoms with E-state index in [0.717, 1.165) is 34.4 Å². The first kappa shape index (κ1) is 27.4. The van der Waals surface area contributed by atoms with Gasteiger partial charge in [0, 0.05) is 40.4 Å². The molecule has 0 saturated heterocycles. The minimum atomic E-state index is -0.476. The minimum absolute atomic E-state index is 0.0742. The first-order chi connectivity index (χ1) is 20.4. The highest BCUT2D eigenvalue weighted by molar-refractivity contribution is 6.26. The summed E-state index contributed by atoms with van der Waals surface area (Å²) in [6.07, 6.45) is 2.73. The summed E-state index contributed by atoms with van der Waals surface area (Å²) in [6, 6.07) is 27.2. The highest BCUT2D eigenvalue weighted by Crippen LogP contribution is 2.43. The number of imide groups is 1. The number of benzene rings is 4. The minimum Gasteiger partial charge on any atom is -0.309 e. The molecular formula is C35H33N3O4. The smallest absolute Gasteiger partial charge is 0.261 e. The number of hydrogen-bond acceptors (Lipinski definition) is 4. The Balaban J connectivity index is 1.38. The standard InChI is InChI=1S/C35H33N3O4/c1-3-4-20-31(39)37-23(2)21-30(26-16-8-9-19-29(26)37)38(25-14-6-5-7-15-25)32(40)22-36-34(41)27-17-10-12-24-13-11-18-28(33(24)27)35(36)42/h5-19,23,30H,3-4,20-22H2,1-2H3. The number of anilines is 2. The van der Waals surface area contributed by atoms with E-state index in [1.54, 1.807) is 29.2 Å². The van der Waals surface area contributed by atoms with E-state index in [1.807, 2.05) is 78.6 Å². The molecule has 7 nitrogen and oxygen atoms in total. The molecule has 0 saturated carbocycles. The van der Waals surface area contributed by atoms with Gasteiger partial charge in [0.1, 0.15) is 6.54 Å². The molecule has 0 aromatic heterocycles. The van der Waals surface area contributed by atoms with Gasteiger partial charge < -0.3 is 9.80 Å². The normalized spacial score (nSPS) is 17.8. The van der Waals surface area contributed by atoms with Crippen LogP contribution in [0.3, 0.4) is 0 Å². The molecule has 0 N–H and O–H groups in total. The quantitative estimate of drug-likeness (QED) is 0.241. The number of nitrogens with zero attached hydrogens (tertiary/aromatic N) is 3. The van der Waals surface area contributed by atoms with Crippen LogP contribution >= 0.6 is 0 Å². The first-order valence-corrected chi connectivity index (χ1v) is 14.6. The van der Waals surface area contributed by atoms with Crippen LogP contribution in [0.1, 0.15) is 71.9 Å². The van der Waals surface area contributed by atoms with Gasteiger partial charge in [-0.2, -0.15) is 0 Å². The molecule has 2 atom stereocenters. The Labute approximate surface area is 245 Å². The lowest BCUT2D eigenvalue weighted by Crippen LogP contribution is -2.51. The van der Waals surface area contributed by atoms with Gasteiger partial charge in [0.15, 0.2) is 0 Å². The second-order valence-corrected chi connectivity index (χ2v) is 11.0. The van der Waals surface area contributed by atoms with Crippen LogP contribution in [-0.2, 0) is 9.59 Å². The van der Waals surface area contributed by atoms with E-state index < -0.39 is 24.4 Å². The zero-order valence-corrected chi connectivity index (χ0v) is 23.8. The molecule has 2 aliphatic heterocycles. The maximum absolute atomic E-state index is 14.3. The molecule has 4 amide bonds. The van der Waals surface area contributed by atoms with Crippen molar-refractivity contribution in [2.45, 2.75) is 51.6 Å². The molecule has 42 heavy (non-hydrogen) atoms. The summed E-state index contributed by atoms with van der Waals surface area (Å²) in [4.78, 5) is 59.5. The Hall–Kier alpha value is -4.78. The van der Waals surface area contributed by atoms with E-state index in [9.17, 15) is 19.2 Å². The number of para-hydroxylation sites is 2. The van der Waals surface area contributed by atoms with E-state index in [1.165, 1.54) is 0 Å². The molecule has 0 spiro atoms. The van der Waals surface area contributed by atoms with Crippen molar-refractivity contribution in [1.82, 2.24) is 4.90 Å². The summed E-state index contributed by atoms with van der Waals surface area (Å²) in [6.45, 7) is 3.68. The van der Waals surface area contributed by atoms with Crippen LogP contribution in [0.2, 0.25) is 0 Å². The van der Waals surface area contributed by atoms with Crippen LogP contribution in [0.4, 0.5) is 11.4 Å². The van der Waals surface area contributed by atoms with Gasteiger partial charge in [0.25, 0.3) is 11.8 Å². The van der Waals surface area contributed by atoms with Gasteiger partial charge >= 0.3 is 0 Å². The number of rotatable bonds is 7. The summed E-state index contributed by atoms with van der Waals surface area (Å²) >= 11 is 0. The zero-order chi connectivity index (χ0) is 29.4. The summed E-state index contributed by atoms with van der Waals surface area (Å²) in [5.41, 5.74) is 3.16. The van der Waals surface area contributed by atoms with Crippen LogP contribution in [-0.4, -0.2) is 41.1 Å². The van der Waals surface area contributed by atoms with Crippen molar-refractivity contribution >= 4 is 45.8 Å². The molecule has 2 unspecified atom stereocenters. The third-order valence-corrected chi connectivity index (χ3v) is 8.34. The van der Waals surface area contributed by atoms with Crippen molar-refractivity contribution < 1.29 is 19.2 Å². The number of carbonyl (C=O) groups excluding carboxylic acids is 4. The van der Waals surface area contributed by atoms with E-state index in [4.69, 9.17) is 0 Å². The molecule has 0 fully saturated rings. The van der Waals surface area contributed by atoms with E-state index >= 15 is 0 Å². The second-order valence-electron chi connectivity index (χ2n) is 11.0. The van der Waals surface area contributed by atoms with Crippen LogP contribution in [0.25, 0.3) is 10.8 Å². The fraction of sp³-hybridized carbons (Fsp3) is 0.257. The number of carbonyl (C=O) groups is 4. The van der Waals surface area contributed by atoms with Crippen LogP contribution in [0, 0.1) is 0 Å². The largest absolute Gasteiger partial charge is 0.309 e. The molecule has 6 rings (SSSR count). The summed E-state index contributed by atoms with van der Waals surface area (Å²) in [5.74, 6) is -1.25. The molecule has 2 aliphatic rings.